The second-order valence-electron chi connectivity index (χ2n) is 6.25. The number of aliphatic carboxylic acids is 1. The number of carboxylic acids is 1. The van der Waals surface area contributed by atoms with Crippen molar-refractivity contribution in [3.63, 3.8) is 0 Å². The number of sulfonamides is 1. The predicted molar refractivity (Wildman–Crippen MR) is 85.5 cm³/mol. The Morgan fingerprint density at radius 2 is 2.12 bits per heavy atom. The van der Waals surface area contributed by atoms with Crippen molar-refractivity contribution in [2.75, 3.05) is 13.1 Å². The van der Waals surface area contributed by atoms with Gasteiger partial charge in [0.2, 0.25) is 10.0 Å². The monoisotopic (exact) mass is 359 g/mol. The molecular formula is C16H22FNO5S. The third-order valence-corrected chi connectivity index (χ3v) is 6.59. The molecule has 1 heterocycles. The molecule has 2 atom stereocenters. The summed E-state index contributed by atoms with van der Waals surface area (Å²) in [5, 5.41) is 19.8. The van der Waals surface area contributed by atoms with Crippen molar-refractivity contribution in [2.24, 2.45) is 5.41 Å². The van der Waals surface area contributed by atoms with E-state index in [1.807, 2.05) is 6.92 Å². The normalized spacial score (nSPS) is 25.6. The molecule has 134 valence electrons. The number of rotatable bonds is 5. The summed E-state index contributed by atoms with van der Waals surface area (Å²) in [4.78, 5) is 11.4. The summed E-state index contributed by atoms with van der Waals surface area (Å²) < 4.78 is 40.0. The van der Waals surface area contributed by atoms with E-state index in [0.717, 1.165) is 10.4 Å². The van der Waals surface area contributed by atoms with E-state index < -0.39 is 33.3 Å². The summed E-state index contributed by atoms with van der Waals surface area (Å²) in [5.41, 5.74) is -1.00. The molecule has 6 nitrogen and oxygen atoms in total. The number of aliphatic hydroxyl groups excluding tert-OH is 1. The number of carboxylic acid groups (broad SMARTS) is 1. The Labute approximate surface area is 141 Å². The topological polar surface area (TPSA) is 94.9 Å². The molecule has 1 fully saturated rings. The van der Waals surface area contributed by atoms with Crippen LogP contribution < -0.4 is 0 Å². The largest absolute Gasteiger partial charge is 0.481 e. The summed E-state index contributed by atoms with van der Waals surface area (Å²) in [5.74, 6) is -1.74. The SMILES string of the molecule is CCC[C@]1(C(=O)O)CCN(S(=O)(=O)c2ccc(C)c(F)c2)CC1O. The molecule has 24 heavy (non-hydrogen) atoms. The minimum atomic E-state index is -3.98. The predicted octanol–water partition coefficient (Wildman–Crippen LogP) is 1.76. The van der Waals surface area contributed by atoms with Gasteiger partial charge in [0.15, 0.2) is 0 Å². The fourth-order valence-corrected chi connectivity index (χ4v) is 4.60. The smallest absolute Gasteiger partial charge is 0.312 e. The van der Waals surface area contributed by atoms with Crippen LogP contribution in [0.15, 0.2) is 23.1 Å². The molecule has 2 N–H and O–H groups in total. The fraction of sp³-hybridized carbons (Fsp3) is 0.562. The lowest BCUT2D eigenvalue weighted by atomic mass is 9.73. The standard InChI is InChI=1S/C16H22FNO5S/c1-3-6-16(15(20)21)7-8-18(10-14(16)19)24(22,23)12-5-4-11(2)13(17)9-12/h4-5,9,14,19H,3,6-8,10H2,1-2H3,(H,20,21)/t14?,16-/m0/s1. The van der Waals surface area contributed by atoms with Crippen molar-refractivity contribution in [3.8, 4) is 0 Å². The zero-order valence-corrected chi connectivity index (χ0v) is 14.5. The Bertz CT molecular complexity index is 736. The molecule has 0 spiro atoms. The maximum atomic E-state index is 13.7. The molecule has 0 amide bonds. The van der Waals surface area contributed by atoms with Crippen molar-refractivity contribution in [2.45, 2.75) is 44.1 Å². The number of aryl methyl sites for hydroxylation is 1. The van der Waals surface area contributed by atoms with Gasteiger partial charge in [-0.2, -0.15) is 4.31 Å². The zero-order valence-electron chi connectivity index (χ0n) is 13.7. The number of hydrogen-bond acceptors (Lipinski definition) is 4. The first-order valence-electron chi connectivity index (χ1n) is 7.83. The molecule has 2 rings (SSSR count). The molecule has 1 aromatic carbocycles. The van der Waals surface area contributed by atoms with Crippen molar-refractivity contribution < 1.29 is 27.8 Å². The van der Waals surface area contributed by atoms with Crippen LogP contribution in [0, 0.1) is 18.2 Å². The average Bonchev–Trinajstić information content (AvgIpc) is 2.51. The van der Waals surface area contributed by atoms with Crippen LogP contribution in [0.3, 0.4) is 0 Å². The van der Waals surface area contributed by atoms with E-state index in [1.165, 1.54) is 19.1 Å². The summed E-state index contributed by atoms with van der Waals surface area (Å²) in [6.07, 6.45) is -0.449. The quantitative estimate of drug-likeness (QED) is 0.835. The number of benzene rings is 1. The third-order valence-electron chi connectivity index (χ3n) is 4.72. The highest BCUT2D eigenvalue weighted by molar-refractivity contribution is 7.89. The average molecular weight is 359 g/mol. The third kappa shape index (κ3) is 3.18. The van der Waals surface area contributed by atoms with Crippen LogP contribution in [-0.2, 0) is 14.8 Å². The highest BCUT2D eigenvalue weighted by atomic mass is 32.2. The van der Waals surface area contributed by atoms with Crippen LogP contribution in [0.1, 0.15) is 31.7 Å². The van der Waals surface area contributed by atoms with Crippen LogP contribution in [0.5, 0.6) is 0 Å². The Balaban J connectivity index is 2.29. The molecule has 1 aromatic rings. The highest BCUT2D eigenvalue weighted by Gasteiger charge is 2.49. The van der Waals surface area contributed by atoms with Gasteiger partial charge in [-0.15, -0.1) is 0 Å². The van der Waals surface area contributed by atoms with Crippen LogP contribution in [0.4, 0.5) is 4.39 Å². The molecule has 8 heteroatoms. The summed E-state index contributed by atoms with van der Waals surface area (Å²) in [7, 11) is -3.98. The van der Waals surface area contributed by atoms with Gasteiger partial charge in [0.1, 0.15) is 5.82 Å². The zero-order chi connectivity index (χ0) is 18.1. The van der Waals surface area contributed by atoms with E-state index in [2.05, 4.69) is 0 Å². The minimum Gasteiger partial charge on any atom is -0.481 e. The van der Waals surface area contributed by atoms with Gasteiger partial charge in [0, 0.05) is 13.1 Å². The van der Waals surface area contributed by atoms with E-state index >= 15 is 0 Å². The number of aliphatic hydroxyl groups is 1. The van der Waals surface area contributed by atoms with E-state index in [0.29, 0.717) is 12.0 Å². The van der Waals surface area contributed by atoms with E-state index in [4.69, 9.17) is 0 Å². The number of halogens is 1. The van der Waals surface area contributed by atoms with Crippen molar-refractivity contribution in [1.29, 1.82) is 0 Å². The second kappa shape index (κ2) is 6.78. The molecule has 0 radical (unpaired) electrons. The number of hydrogen-bond donors (Lipinski definition) is 2. The molecule has 0 bridgehead atoms. The van der Waals surface area contributed by atoms with Crippen LogP contribution in [-0.4, -0.2) is 48.1 Å². The van der Waals surface area contributed by atoms with Gasteiger partial charge in [-0.25, -0.2) is 12.8 Å². The Morgan fingerprint density at radius 1 is 1.46 bits per heavy atom. The van der Waals surface area contributed by atoms with Gasteiger partial charge < -0.3 is 10.2 Å². The Morgan fingerprint density at radius 3 is 2.62 bits per heavy atom. The maximum absolute atomic E-state index is 13.7. The molecule has 1 aliphatic heterocycles. The van der Waals surface area contributed by atoms with Gasteiger partial charge in [-0.3, -0.25) is 4.79 Å². The van der Waals surface area contributed by atoms with Gasteiger partial charge in [0.05, 0.1) is 16.4 Å². The van der Waals surface area contributed by atoms with Crippen molar-refractivity contribution in [1.82, 2.24) is 4.31 Å². The van der Waals surface area contributed by atoms with Crippen molar-refractivity contribution >= 4 is 16.0 Å². The lowest BCUT2D eigenvalue weighted by molar-refractivity contribution is -0.162. The van der Waals surface area contributed by atoms with E-state index in [9.17, 15) is 27.8 Å². The number of piperidine rings is 1. The first-order chi connectivity index (χ1) is 11.1. The molecule has 0 aromatic heterocycles. The second-order valence-corrected chi connectivity index (χ2v) is 8.19. The molecule has 0 saturated carbocycles. The first-order valence-corrected chi connectivity index (χ1v) is 9.27. The Hall–Kier alpha value is -1.51. The van der Waals surface area contributed by atoms with E-state index in [-0.39, 0.29) is 30.8 Å². The van der Waals surface area contributed by atoms with E-state index in [1.54, 1.807) is 0 Å². The van der Waals surface area contributed by atoms with Gasteiger partial charge in [0.25, 0.3) is 0 Å². The number of nitrogens with zero attached hydrogens (tertiary/aromatic N) is 1. The van der Waals surface area contributed by atoms with Gasteiger partial charge in [-0.05, 0) is 37.5 Å². The summed E-state index contributed by atoms with van der Waals surface area (Å²) in [6.45, 7) is 3.00. The number of carbonyl (C=O) groups is 1. The van der Waals surface area contributed by atoms with Crippen LogP contribution in [0.25, 0.3) is 0 Å². The summed E-state index contributed by atoms with van der Waals surface area (Å²) >= 11 is 0. The first kappa shape index (κ1) is 18.8. The highest BCUT2D eigenvalue weighted by Crippen LogP contribution is 2.38. The Kier molecular flexibility index (Phi) is 5.31. The van der Waals surface area contributed by atoms with Gasteiger partial charge >= 0.3 is 5.97 Å². The molecule has 1 saturated heterocycles. The fourth-order valence-electron chi connectivity index (χ4n) is 3.15. The maximum Gasteiger partial charge on any atom is 0.312 e. The van der Waals surface area contributed by atoms with Crippen molar-refractivity contribution in [3.05, 3.63) is 29.6 Å². The minimum absolute atomic E-state index is 0.0188. The molecule has 1 unspecified atom stereocenters. The molecule has 0 aliphatic carbocycles. The molecular weight excluding hydrogens is 337 g/mol. The lowest BCUT2D eigenvalue weighted by Crippen LogP contribution is -2.55. The summed E-state index contributed by atoms with van der Waals surface area (Å²) in [6, 6.07) is 3.63. The van der Waals surface area contributed by atoms with Gasteiger partial charge in [-0.1, -0.05) is 19.4 Å². The molecule has 1 aliphatic rings. The lowest BCUT2D eigenvalue weighted by Gasteiger charge is -2.42. The van der Waals surface area contributed by atoms with Crippen LogP contribution in [0.2, 0.25) is 0 Å². The number of β-amino-alcohol motifs (C(OH)–C–C–N with tert-alkyl or cyclic N) is 1. The van der Waals surface area contributed by atoms with Crippen LogP contribution >= 0.6 is 0 Å².